The lowest BCUT2D eigenvalue weighted by atomic mass is 10.0. The Morgan fingerprint density at radius 1 is 0.443 bits per heavy atom. The molecule has 0 fully saturated rings. The van der Waals surface area contributed by atoms with Crippen molar-refractivity contribution < 1.29 is 97.8 Å². The second kappa shape index (κ2) is 35.2. The van der Waals surface area contributed by atoms with Crippen LogP contribution in [0.4, 0.5) is 0 Å². The molecule has 0 saturated heterocycles. The minimum atomic E-state index is -2.05. The molecule has 0 heterocycles. The van der Waals surface area contributed by atoms with Gasteiger partial charge in [0, 0.05) is 13.0 Å². The maximum absolute atomic E-state index is 13.5. The van der Waals surface area contributed by atoms with Gasteiger partial charge in [0.2, 0.25) is 65.0 Å². The molecule has 0 aromatic heterocycles. The van der Waals surface area contributed by atoms with Crippen molar-refractivity contribution in [1.29, 1.82) is 0 Å². The van der Waals surface area contributed by atoms with Gasteiger partial charge in [-0.2, -0.15) is 0 Å². The first-order valence-electron chi connectivity index (χ1n) is 24.3. The zero-order valence-corrected chi connectivity index (χ0v) is 44.4. The van der Waals surface area contributed by atoms with E-state index in [-0.39, 0.29) is 25.3 Å². The van der Waals surface area contributed by atoms with Crippen molar-refractivity contribution in [3.05, 3.63) is 0 Å². The molecule has 23 N–H and O–H groups in total. The van der Waals surface area contributed by atoms with E-state index in [0.717, 1.165) is 27.7 Å². The van der Waals surface area contributed by atoms with Gasteiger partial charge in [0.25, 0.3) is 0 Å². The van der Waals surface area contributed by atoms with Crippen molar-refractivity contribution in [2.75, 3.05) is 26.2 Å². The van der Waals surface area contributed by atoms with Gasteiger partial charge in [-0.25, -0.2) is 4.79 Å². The second-order valence-electron chi connectivity index (χ2n) is 18.2. The number of aliphatic hydroxyl groups excluding tert-OH is 3. The van der Waals surface area contributed by atoms with Gasteiger partial charge in [-0.05, 0) is 59.8 Å². The number of rotatable bonds is 36. The third-order valence-corrected chi connectivity index (χ3v) is 10.9. The van der Waals surface area contributed by atoms with Crippen LogP contribution in [0.25, 0.3) is 0 Å². The zero-order chi connectivity index (χ0) is 61.0. The van der Waals surface area contributed by atoms with Crippen molar-refractivity contribution in [2.24, 2.45) is 28.1 Å². The average Bonchev–Trinajstić information content (AvgIpc) is 3.34. The predicted molar refractivity (Wildman–Crippen MR) is 270 cm³/mol. The van der Waals surface area contributed by atoms with Crippen LogP contribution in [-0.4, -0.2) is 218 Å². The van der Waals surface area contributed by atoms with Crippen molar-refractivity contribution >= 4 is 88.8 Å². The van der Waals surface area contributed by atoms with Crippen LogP contribution in [0, 0.1) is 5.92 Å². The molecular weight excluding hydrogens is 1060 g/mol. The second-order valence-corrected chi connectivity index (χ2v) is 18.2. The van der Waals surface area contributed by atoms with E-state index in [1.807, 2.05) is 10.6 Å². The van der Waals surface area contributed by atoms with E-state index in [4.69, 9.17) is 17.2 Å². The standard InChI is InChI=1S/C44H75N15O20/c1-17(2)32(40(75)55-24(43(78)79)9-8-12-48-44(46)47)57-28(65)16-50-26(63)14-49-27(64)15-51-35(70)18(3)52-36(71)19(4)53-37(72)23(10-11-29(66)67)54-41(76)33(21(6)61)58-38(73)25(13-30(68)69)56-42(77)34(22(7)62)59-39(74)31(45)20(5)60/h17-25,31-34,60-62H,8-16,45H2,1-7H3,(H,49,64)(H,50,63)(H,51,70)(H,52,71)(H,53,72)(H,54,76)(H,55,75)(H,56,77)(H,57,65)(H,58,73)(H,59,74)(H,66,67)(H,68,69)(H,78,79)(H4,46,47,48)/t18-,19-,20+,21+,22+,23-,24-,25-,31-,32-,33-,34-/m0/s1. The van der Waals surface area contributed by atoms with Gasteiger partial charge in [-0.1, -0.05) is 13.8 Å². The van der Waals surface area contributed by atoms with Gasteiger partial charge in [-0.3, -0.25) is 67.3 Å². The first kappa shape index (κ1) is 70.7. The Bertz CT molecular complexity index is 2220. The van der Waals surface area contributed by atoms with Crippen LogP contribution in [-0.2, 0) is 67.1 Å². The molecule has 0 aromatic carbocycles. The summed E-state index contributed by atoms with van der Waals surface area (Å²) >= 11 is 0. The maximum Gasteiger partial charge on any atom is 0.326 e. The highest BCUT2D eigenvalue weighted by Crippen LogP contribution is 2.08. The molecule has 0 bridgehead atoms. The Kier molecular flexibility index (Phi) is 31.5. The normalized spacial score (nSPS) is 15.4. The molecule has 79 heavy (non-hydrogen) atoms. The van der Waals surface area contributed by atoms with Crippen LogP contribution >= 0.6 is 0 Å². The van der Waals surface area contributed by atoms with Gasteiger partial charge >= 0.3 is 17.9 Å². The Balaban J connectivity index is 5.52. The minimum Gasteiger partial charge on any atom is -0.481 e. The van der Waals surface area contributed by atoms with E-state index in [2.05, 4.69) is 52.8 Å². The summed E-state index contributed by atoms with van der Waals surface area (Å²) in [6, 6.07) is -14.8. The SMILES string of the molecule is CC(C)[C@H](NC(=O)CNC(=O)CNC(=O)CNC(=O)[C@H](C)NC(=O)[C@H](C)NC(=O)[C@H](CCC(=O)O)NC(=O)[C@@H](NC(=O)[C@H](CC(=O)O)NC(=O)[C@@H](NC(=O)[C@@H](N)[C@@H](C)O)[C@@H](C)O)[C@@H](C)O)C(=O)N[C@@H](CCCN=C(N)N)C(=O)O. The highest BCUT2D eigenvalue weighted by Gasteiger charge is 2.37. The maximum atomic E-state index is 13.5. The van der Waals surface area contributed by atoms with Crippen molar-refractivity contribution in [2.45, 2.75) is 153 Å². The molecule has 446 valence electrons. The molecule has 0 aliphatic carbocycles. The Hall–Kier alpha value is -8.31. The molecule has 35 heteroatoms. The number of nitrogens with zero attached hydrogens (tertiary/aromatic N) is 1. The van der Waals surface area contributed by atoms with Crippen LogP contribution in [0.2, 0.25) is 0 Å². The molecule has 0 unspecified atom stereocenters. The number of aliphatic hydroxyl groups is 3. The van der Waals surface area contributed by atoms with Gasteiger partial charge in [0.15, 0.2) is 5.96 Å². The van der Waals surface area contributed by atoms with E-state index in [1.165, 1.54) is 6.92 Å². The summed E-state index contributed by atoms with van der Waals surface area (Å²) in [5.41, 5.74) is 16.1. The van der Waals surface area contributed by atoms with Gasteiger partial charge in [0.05, 0.1) is 44.4 Å². The Labute approximate surface area is 451 Å². The molecule has 0 saturated carbocycles. The van der Waals surface area contributed by atoms with Gasteiger partial charge < -0.3 is 106 Å². The Morgan fingerprint density at radius 2 is 0.886 bits per heavy atom. The molecule has 0 aromatic rings. The molecule has 11 amide bonds. The molecular formula is C44H75N15O20. The first-order chi connectivity index (χ1) is 36.6. The lowest BCUT2D eigenvalue weighted by Gasteiger charge is -2.28. The molecule has 0 radical (unpaired) electrons. The fraction of sp³-hybridized carbons (Fsp3) is 0.659. The van der Waals surface area contributed by atoms with Crippen LogP contribution in [0.3, 0.4) is 0 Å². The summed E-state index contributed by atoms with van der Waals surface area (Å²) in [6.07, 6.45) is -7.30. The lowest BCUT2D eigenvalue weighted by molar-refractivity contribution is -0.143. The van der Waals surface area contributed by atoms with E-state index < -0.39 is 200 Å². The molecule has 0 rings (SSSR count). The summed E-state index contributed by atoms with van der Waals surface area (Å²) in [6.45, 7) is 6.67. The zero-order valence-electron chi connectivity index (χ0n) is 44.4. The number of hydrogen-bond acceptors (Lipinski definition) is 19. The van der Waals surface area contributed by atoms with Crippen LogP contribution in [0.1, 0.15) is 80.6 Å². The van der Waals surface area contributed by atoms with E-state index in [0.29, 0.717) is 0 Å². The van der Waals surface area contributed by atoms with Crippen molar-refractivity contribution in [3.8, 4) is 0 Å². The topological polar surface area (TPSA) is 583 Å². The van der Waals surface area contributed by atoms with Gasteiger partial charge in [-0.15, -0.1) is 0 Å². The molecule has 12 atom stereocenters. The quantitative estimate of drug-likeness (QED) is 0.0157. The summed E-state index contributed by atoms with van der Waals surface area (Å²) in [5, 5.41) is 82.5. The Morgan fingerprint density at radius 3 is 1.35 bits per heavy atom. The summed E-state index contributed by atoms with van der Waals surface area (Å²) < 4.78 is 0. The highest BCUT2D eigenvalue weighted by atomic mass is 16.4. The molecule has 0 aliphatic rings. The third kappa shape index (κ3) is 28.1. The summed E-state index contributed by atoms with van der Waals surface area (Å²) in [5.74, 6) is -17.0. The highest BCUT2D eigenvalue weighted by molar-refractivity contribution is 5.99. The first-order valence-corrected chi connectivity index (χ1v) is 24.3. The van der Waals surface area contributed by atoms with E-state index in [9.17, 15) is 97.8 Å². The van der Waals surface area contributed by atoms with Gasteiger partial charge in [0.1, 0.15) is 54.4 Å². The number of carboxylic acids is 3. The third-order valence-electron chi connectivity index (χ3n) is 10.9. The lowest BCUT2D eigenvalue weighted by Crippen LogP contribution is -2.63. The number of amides is 11. The number of aliphatic carboxylic acids is 3. The molecule has 35 nitrogen and oxygen atoms in total. The van der Waals surface area contributed by atoms with E-state index >= 15 is 0 Å². The molecule has 0 aliphatic heterocycles. The number of guanidine groups is 1. The number of nitrogens with one attached hydrogen (secondary N) is 11. The van der Waals surface area contributed by atoms with E-state index in [1.54, 1.807) is 13.8 Å². The number of carbonyl (C=O) groups is 14. The number of carboxylic acid groups (broad SMARTS) is 3. The number of hydrogen-bond donors (Lipinski definition) is 20. The van der Waals surface area contributed by atoms with Crippen LogP contribution < -0.4 is 75.7 Å². The molecule has 0 spiro atoms. The fourth-order valence-electron chi connectivity index (χ4n) is 6.34. The minimum absolute atomic E-state index is 0.0296. The monoisotopic (exact) mass is 1130 g/mol. The van der Waals surface area contributed by atoms with Crippen molar-refractivity contribution in [1.82, 2.24) is 58.5 Å². The summed E-state index contributed by atoms with van der Waals surface area (Å²) in [7, 11) is 0. The average molecular weight is 1130 g/mol. The number of carbonyl (C=O) groups excluding carboxylic acids is 11. The van der Waals surface area contributed by atoms with Crippen LogP contribution in [0.15, 0.2) is 4.99 Å². The van der Waals surface area contributed by atoms with Crippen molar-refractivity contribution in [3.63, 3.8) is 0 Å². The summed E-state index contributed by atoms with van der Waals surface area (Å²) in [4.78, 5) is 180. The number of nitrogens with two attached hydrogens (primary N) is 3. The predicted octanol–water partition coefficient (Wildman–Crippen LogP) is -10.1. The fourth-order valence-corrected chi connectivity index (χ4v) is 6.34. The smallest absolute Gasteiger partial charge is 0.326 e. The van der Waals surface area contributed by atoms with Crippen LogP contribution in [0.5, 0.6) is 0 Å². The number of aliphatic imine (C=N–C) groups is 1. The largest absolute Gasteiger partial charge is 0.481 e.